The number of carboxylic acids is 1. The van der Waals surface area contributed by atoms with Crippen molar-refractivity contribution in [2.75, 3.05) is 6.54 Å². The summed E-state index contributed by atoms with van der Waals surface area (Å²) in [6.07, 6.45) is 0.458. The Hall–Kier alpha value is -1.91. The summed E-state index contributed by atoms with van der Waals surface area (Å²) in [5.74, 6) is -2.33. The van der Waals surface area contributed by atoms with Gasteiger partial charge in [-0.2, -0.15) is 0 Å². The van der Waals surface area contributed by atoms with Crippen molar-refractivity contribution in [1.29, 1.82) is 0 Å². The van der Waals surface area contributed by atoms with Crippen molar-refractivity contribution in [1.82, 2.24) is 4.90 Å². The molecule has 1 heterocycles. The number of likely N-dealkylation sites (tertiary alicyclic amines) is 1. The highest BCUT2D eigenvalue weighted by molar-refractivity contribution is 5.81. The van der Waals surface area contributed by atoms with E-state index in [9.17, 15) is 19.1 Å². The van der Waals surface area contributed by atoms with E-state index >= 15 is 0 Å². The van der Waals surface area contributed by atoms with Crippen LogP contribution in [0.15, 0.2) is 24.3 Å². The topological polar surface area (TPSA) is 57.6 Å². The molecular formula is C14H16FNO3. The Morgan fingerprint density at radius 3 is 2.74 bits per heavy atom. The third-order valence-electron chi connectivity index (χ3n) is 3.59. The van der Waals surface area contributed by atoms with Crippen molar-refractivity contribution in [3.8, 4) is 0 Å². The summed E-state index contributed by atoms with van der Waals surface area (Å²) in [7, 11) is 0. The molecule has 0 radical (unpaired) electrons. The van der Waals surface area contributed by atoms with Crippen LogP contribution in [0.5, 0.6) is 0 Å². The predicted octanol–water partition coefficient (Wildman–Crippen LogP) is 2.21. The summed E-state index contributed by atoms with van der Waals surface area (Å²) in [5.41, 5.74) is 0.282. The molecule has 5 heteroatoms. The third-order valence-corrected chi connectivity index (χ3v) is 3.59. The number of carboxylic acid groups (broad SMARTS) is 1. The molecule has 102 valence electrons. The first-order chi connectivity index (χ1) is 9.06. The Morgan fingerprint density at radius 1 is 1.47 bits per heavy atom. The average Bonchev–Trinajstić information content (AvgIpc) is 2.38. The highest BCUT2D eigenvalue weighted by Crippen LogP contribution is 2.37. The van der Waals surface area contributed by atoms with Gasteiger partial charge in [0.1, 0.15) is 5.82 Å². The van der Waals surface area contributed by atoms with Crippen LogP contribution < -0.4 is 0 Å². The second-order valence-electron chi connectivity index (χ2n) is 4.63. The molecule has 1 aromatic carbocycles. The van der Waals surface area contributed by atoms with E-state index in [0.29, 0.717) is 6.54 Å². The van der Waals surface area contributed by atoms with Gasteiger partial charge < -0.3 is 10.0 Å². The van der Waals surface area contributed by atoms with Crippen LogP contribution >= 0.6 is 0 Å². The van der Waals surface area contributed by atoms with Gasteiger partial charge in [0.25, 0.3) is 0 Å². The van der Waals surface area contributed by atoms with Gasteiger partial charge in [-0.05, 0) is 19.4 Å². The fourth-order valence-electron chi connectivity index (χ4n) is 2.68. The first-order valence-electron chi connectivity index (χ1n) is 6.33. The van der Waals surface area contributed by atoms with E-state index in [0.717, 1.165) is 0 Å². The molecule has 0 aliphatic carbocycles. The van der Waals surface area contributed by atoms with E-state index in [1.807, 2.05) is 0 Å². The summed E-state index contributed by atoms with van der Waals surface area (Å²) in [6.45, 7) is 2.15. The zero-order chi connectivity index (χ0) is 14.0. The minimum atomic E-state index is -0.987. The number of halogens is 1. The van der Waals surface area contributed by atoms with Crippen LogP contribution in [-0.2, 0) is 9.59 Å². The molecule has 0 aromatic heterocycles. The minimum Gasteiger partial charge on any atom is -0.481 e. The molecule has 0 saturated carbocycles. The fraction of sp³-hybridized carbons (Fsp3) is 0.429. The number of benzene rings is 1. The van der Waals surface area contributed by atoms with Gasteiger partial charge in [-0.25, -0.2) is 4.39 Å². The lowest BCUT2D eigenvalue weighted by atomic mass is 9.84. The summed E-state index contributed by atoms with van der Waals surface area (Å²) in [5, 5.41) is 9.30. The van der Waals surface area contributed by atoms with E-state index in [4.69, 9.17) is 0 Å². The molecule has 1 amide bonds. The van der Waals surface area contributed by atoms with Crippen LogP contribution in [0.3, 0.4) is 0 Å². The number of aliphatic carboxylic acids is 1. The molecule has 0 spiro atoms. The molecule has 2 atom stereocenters. The first kappa shape index (κ1) is 13.5. The van der Waals surface area contributed by atoms with Gasteiger partial charge in [0.05, 0.1) is 12.0 Å². The second kappa shape index (κ2) is 5.38. The van der Waals surface area contributed by atoms with Crippen molar-refractivity contribution in [3.05, 3.63) is 35.6 Å². The maximum absolute atomic E-state index is 13.9. The maximum atomic E-state index is 13.9. The third kappa shape index (κ3) is 2.45. The molecule has 1 saturated heterocycles. The zero-order valence-electron chi connectivity index (χ0n) is 10.7. The van der Waals surface area contributed by atoms with Crippen molar-refractivity contribution >= 4 is 11.9 Å². The number of hydrogen-bond donors (Lipinski definition) is 1. The lowest BCUT2D eigenvalue weighted by Gasteiger charge is -2.39. The molecule has 2 rings (SSSR count). The summed E-state index contributed by atoms with van der Waals surface area (Å²) >= 11 is 0. The Kier molecular flexibility index (Phi) is 3.83. The number of carbonyl (C=O) groups excluding carboxylic acids is 1. The number of hydrogen-bond acceptors (Lipinski definition) is 2. The Morgan fingerprint density at radius 2 is 2.16 bits per heavy atom. The van der Waals surface area contributed by atoms with Crippen LogP contribution in [0.1, 0.15) is 31.4 Å². The van der Waals surface area contributed by atoms with Crippen LogP contribution in [-0.4, -0.2) is 28.4 Å². The molecule has 1 aliphatic rings. The molecule has 19 heavy (non-hydrogen) atoms. The molecule has 1 aliphatic heterocycles. The Balaban J connectivity index is 2.47. The van der Waals surface area contributed by atoms with Gasteiger partial charge >= 0.3 is 5.97 Å². The van der Waals surface area contributed by atoms with Gasteiger partial charge in [-0.1, -0.05) is 18.2 Å². The number of piperidine rings is 1. The number of amides is 1. The van der Waals surface area contributed by atoms with E-state index in [2.05, 4.69) is 0 Å². The van der Waals surface area contributed by atoms with Crippen LogP contribution in [0.25, 0.3) is 0 Å². The maximum Gasteiger partial charge on any atom is 0.308 e. The predicted molar refractivity (Wildman–Crippen MR) is 66.9 cm³/mol. The molecular weight excluding hydrogens is 249 g/mol. The second-order valence-corrected chi connectivity index (χ2v) is 4.63. The highest BCUT2D eigenvalue weighted by atomic mass is 19.1. The van der Waals surface area contributed by atoms with Gasteiger partial charge in [0.2, 0.25) is 5.91 Å². The molecule has 1 aromatic rings. The normalized spacial score (nSPS) is 23.5. The molecule has 2 unspecified atom stereocenters. The number of carbonyl (C=O) groups is 2. The number of rotatable bonds is 3. The largest absolute Gasteiger partial charge is 0.481 e. The lowest BCUT2D eigenvalue weighted by Crippen LogP contribution is -2.45. The summed E-state index contributed by atoms with van der Waals surface area (Å²) in [4.78, 5) is 24.7. The van der Waals surface area contributed by atoms with E-state index in [1.165, 1.54) is 11.0 Å². The Labute approximate surface area is 110 Å². The first-order valence-corrected chi connectivity index (χ1v) is 6.33. The SMILES string of the molecule is CCN1C(=O)CCC(C(=O)O)C1c1ccccc1F. The highest BCUT2D eigenvalue weighted by Gasteiger charge is 2.40. The summed E-state index contributed by atoms with van der Waals surface area (Å²) < 4.78 is 13.9. The molecule has 0 bridgehead atoms. The minimum absolute atomic E-state index is 0.117. The van der Waals surface area contributed by atoms with Crippen molar-refractivity contribution in [2.24, 2.45) is 5.92 Å². The van der Waals surface area contributed by atoms with Gasteiger partial charge in [0.15, 0.2) is 0 Å². The van der Waals surface area contributed by atoms with Crippen LogP contribution in [0.4, 0.5) is 4.39 Å². The monoisotopic (exact) mass is 265 g/mol. The smallest absolute Gasteiger partial charge is 0.308 e. The van der Waals surface area contributed by atoms with Gasteiger partial charge in [-0.3, -0.25) is 9.59 Å². The van der Waals surface area contributed by atoms with Gasteiger partial charge in [-0.15, -0.1) is 0 Å². The Bertz CT molecular complexity index is 501. The molecule has 1 N–H and O–H groups in total. The van der Waals surface area contributed by atoms with Crippen molar-refractivity contribution in [3.63, 3.8) is 0 Å². The van der Waals surface area contributed by atoms with E-state index < -0.39 is 23.7 Å². The fourth-order valence-corrected chi connectivity index (χ4v) is 2.68. The molecule has 4 nitrogen and oxygen atoms in total. The van der Waals surface area contributed by atoms with Crippen LogP contribution in [0, 0.1) is 11.7 Å². The molecule has 1 fully saturated rings. The van der Waals surface area contributed by atoms with Crippen molar-refractivity contribution < 1.29 is 19.1 Å². The standard InChI is InChI=1S/C14H16FNO3/c1-2-16-12(17)8-7-10(14(18)19)13(16)9-5-3-4-6-11(9)15/h3-6,10,13H,2,7-8H2,1H3,(H,18,19). The van der Waals surface area contributed by atoms with E-state index in [-0.39, 0.29) is 24.3 Å². The van der Waals surface area contributed by atoms with E-state index in [1.54, 1.807) is 25.1 Å². The lowest BCUT2D eigenvalue weighted by molar-refractivity contribution is -0.151. The number of nitrogens with zero attached hydrogens (tertiary/aromatic N) is 1. The van der Waals surface area contributed by atoms with Gasteiger partial charge in [0, 0.05) is 18.5 Å². The van der Waals surface area contributed by atoms with Crippen LogP contribution in [0.2, 0.25) is 0 Å². The van der Waals surface area contributed by atoms with Crippen molar-refractivity contribution in [2.45, 2.75) is 25.8 Å². The quantitative estimate of drug-likeness (QED) is 0.911. The zero-order valence-corrected chi connectivity index (χ0v) is 10.7. The summed E-state index contributed by atoms with van der Waals surface area (Å²) in [6, 6.07) is 5.34. The average molecular weight is 265 g/mol.